The Hall–Kier alpha value is -0.420. The van der Waals surface area contributed by atoms with Crippen LogP contribution in [0.4, 0.5) is 4.79 Å². The van der Waals surface area contributed by atoms with Crippen molar-refractivity contribution >= 4 is 17.8 Å². The number of hydrogen-bond donors (Lipinski definition) is 2. The van der Waals surface area contributed by atoms with Crippen LogP contribution in [0.25, 0.3) is 0 Å². The molecule has 0 aliphatic rings. The molecule has 5 heteroatoms. The highest BCUT2D eigenvalue weighted by atomic mass is 32.2. The molecule has 0 aromatic carbocycles. The lowest BCUT2D eigenvalue weighted by Gasteiger charge is -2.21. The van der Waals surface area contributed by atoms with E-state index >= 15 is 0 Å². The van der Waals surface area contributed by atoms with Crippen LogP contribution >= 0.6 is 11.8 Å². The third-order valence-corrected chi connectivity index (χ3v) is 2.71. The predicted octanol–water partition coefficient (Wildman–Crippen LogP) is 0.762. The largest absolute Gasteiger partial charge is 0.395 e. The molecule has 0 heterocycles. The first-order valence-corrected chi connectivity index (χ1v) is 6.16. The summed E-state index contributed by atoms with van der Waals surface area (Å²) in [5.74, 6) is 0.926. The van der Waals surface area contributed by atoms with E-state index in [0.717, 1.165) is 12.2 Å². The van der Waals surface area contributed by atoms with Crippen LogP contribution < -0.4 is 5.32 Å². The zero-order valence-corrected chi connectivity index (χ0v) is 9.93. The van der Waals surface area contributed by atoms with Crippen molar-refractivity contribution in [1.29, 1.82) is 0 Å². The van der Waals surface area contributed by atoms with Gasteiger partial charge in [-0.05, 0) is 12.7 Å². The second-order valence-corrected chi connectivity index (χ2v) is 4.07. The molecule has 4 nitrogen and oxygen atoms in total. The molecule has 0 aliphatic heterocycles. The van der Waals surface area contributed by atoms with Gasteiger partial charge in [0.15, 0.2) is 0 Å². The van der Waals surface area contributed by atoms with Gasteiger partial charge < -0.3 is 15.3 Å². The number of hydrogen-bond acceptors (Lipinski definition) is 3. The normalized spacial score (nSPS) is 12.3. The number of carbonyl (C=O) groups excluding carboxylic acids is 1. The Labute approximate surface area is 90.0 Å². The summed E-state index contributed by atoms with van der Waals surface area (Å²) in [6.45, 7) is 2.43. The third-order valence-electron chi connectivity index (χ3n) is 1.97. The molecule has 2 amide bonds. The molecule has 0 rings (SSSR count). The van der Waals surface area contributed by atoms with Gasteiger partial charge >= 0.3 is 6.03 Å². The highest BCUT2D eigenvalue weighted by Gasteiger charge is 2.12. The molecule has 1 unspecified atom stereocenters. The smallest absolute Gasteiger partial charge is 0.317 e. The van der Waals surface area contributed by atoms with Crippen molar-refractivity contribution in [2.75, 3.05) is 32.2 Å². The van der Waals surface area contributed by atoms with Gasteiger partial charge in [-0.15, -0.1) is 0 Å². The molecule has 0 aromatic heterocycles. The van der Waals surface area contributed by atoms with E-state index < -0.39 is 0 Å². The topological polar surface area (TPSA) is 52.6 Å². The van der Waals surface area contributed by atoms with E-state index in [0.29, 0.717) is 6.54 Å². The van der Waals surface area contributed by atoms with E-state index in [9.17, 15) is 4.79 Å². The number of thioether (sulfide) groups is 1. The van der Waals surface area contributed by atoms with Crippen LogP contribution in [0.3, 0.4) is 0 Å². The van der Waals surface area contributed by atoms with Gasteiger partial charge in [0.1, 0.15) is 0 Å². The number of likely N-dealkylation sites (N-methyl/N-ethyl adjacent to an activating group) is 1. The first-order valence-electron chi connectivity index (χ1n) is 4.77. The monoisotopic (exact) mass is 220 g/mol. The summed E-state index contributed by atoms with van der Waals surface area (Å²) in [6, 6.07) is 0.110. The van der Waals surface area contributed by atoms with Crippen LogP contribution in [-0.4, -0.2) is 54.3 Å². The van der Waals surface area contributed by atoms with Crippen molar-refractivity contribution in [3.63, 3.8) is 0 Å². The van der Waals surface area contributed by atoms with Crippen molar-refractivity contribution in [3.8, 4) is 0 Å². The molecule has 0 aromatic rings. The van der Waals surface area contributed by atoms with Crippen LogP contribution in [0.15, 0.2) is 0 Å². The first kappa shape index (κ1) is 13.6. The van der Waals surface area contributed by atoms with Crippen LogP contribution in [0.2, 0.25) is 0 Å². The average molecular weight is 220 g/mol. The van der Waals surface area contributed by atoms with E-state index in [2.05, 4.69) is 5.32 Å². The van der Waals surface area contributed by atoms with Gasteiger partial charge in [-0.1, -0.05) is 6.92 Å². The van der Waals surface area contributed by atoms with Gasteiger partial charge in [0, 0.05) is 25.4 Å². The Morgan fingerprint density at radius 1 is 1.64 bits per heavy atom. The molecule has 0 saturated heterocycles. The lowest BCUT2D eigenvalue weighted by molar-refractivity contribution is 0.187. The van der Waals surface area contributed by atoms with E-state index in [1.54, 1.807) is 18.8 Å². The number of nitrogens with one attached hydrogen (secondary N) is 1. The van der Waals surface area contributed by atoms with Gasteiger partial charge in [0.05, 0.1) is 6.61 Å². The van der Waals surface area contributed by atoms with Gasteiger partial charge in [0.2, 0.25) is 0 Å². The van der Waals surface area contributed by atoms with Crippen LogP contribution in [0.5, 0.6) is 0 Å². The van der Waals surface area contributed by atoms with E-state index in [-0.39, 0.29) is 18.7 Å². The summed E-state index contributed by atoms with van der Waals surface area (Å²) in [5, 5.41) is 11.6. The van der Waals surface area contributed by atoms with Crippen LogP contribution in [0.1, 0.15) is 13.3 Å². The van der Waals surface area contributed by atoms with Crippen LogP contribution in [-0.2, 0) is 0 Å². The quantitative estimate of drug-likeness (QED) is 0.695. The molecule has 0 bridgehead atoms. The standard InChI is InChI=1S/C9H20N2O2S/c1-4-8(7-14-3)10-9(13)11(2)5-6-12/h8,12H,4-7H2,1-3H3,(H,10,13). The Morgan fingerprint density at radius 3 is 2.71 bits per heavy atom. The molecule has 0 radical (unpaired) electrons. The van der Waals surface area contributed by atoms with Crippen molar-refractivity contribution in [2.45, 2.75) is 19.4 Å². The minimum atomic E-state index is -0.111. The Morgan fingerprint density at radius 2 is 2.29 bits per heavy atom. The van der Waals surface area contributed by atoms with Gasteiger partial charge in [-0.2, -0.15) is 11.8 Å². The fraction of sp³-hybridized carbons (Fsp3) is 0.889. The summed E-state index contributed by atoms with van der Waals surface area (Å²) in [6.07, 6.45) is 2.95. The lowest BCUT2D eigenvalue weighted by atomic mass is 10.3. The molecule has 84 valence electrons. The zero-order chi connectivity index (χ0) is 11.0. The molecular formula is C9H20N2O2S. The van der Waals surface area contributed by atoms with Crippen molar-refractivity contribution < 1.29 is 9.90 Å². The van der Waals surface area contributed by atoms with E-state index in [1.165, 1.54) is 4.90 Å². The van der Waals surface area contributed by atoms with Gasteiger partial charge in [0.25, 0.3) is 0 Å². The molecule has 1 atom stereocenters. The fourth-order valence-electron chi connectivity index (χ4n) is 0.999. The second-order valence-electron chi connectivity index (χ2n) is 3.16. The minimum Gasteiger partial charge on any atom is -0.395 e. The number of carbonyl (C=O) groups is 1. The van der Waals surface area contributed by atoms with E-state index in [4.69, 9.17) is 5.11 Å². The molecule has 14 heavy (non-hydrogen) atoms. The van der Waals surface area contributed by atoms with Gasteiger partial charge in [-0.25, -0.2) is 4.79 Å². The lowest BCUT2D eigenvalue weighted by Crippen LogP contribution is -2.44. The molecule has 0 aliphatic carbocycles. The van der Waals surface area contributed by atoms with E-state index in [1.807, 2.05) is 13.2 Å². The number of aliphatic hydroxyl groups excluding tert-OH is 1. The predicted molar refractivity (Wildman–Crippen MR) is 60.7 cm³/mol. The second kappa shape index (κ2) is 7.94. The maximum atomic E-state index is 11.5. The Kier molecular flexibility index (Phi) is 7.70. The van der Waals surface area contributed by atoms with Crippen molar-refractivity contribution in [3.05, 3.63) is 0 Å². The summed E-state index contributed by atoms with van der Waals surface area (Å²) < 4.78 is 0. The first-order chi connectivity index (χ1) is 6.65. The Balaban J connectivity index is 3.88. The number of urea groups is 1. The van der Waals surface area contributed by atoms with Crippen molar-refractivity contribution in [1.82, 2.24) is 10.2 Å². The number of aliphatic hydroxyl groups is 1. The molecule has 0 fully saturated rings. The summed E-state index contributed by atoms with van der Waals surface area (Å²) in [7, 11) is 1.68. The highest BCUT2D eigenvalue weighted by molar-refractivity contribution is 7.98. The van der Waals surface area contributed by atoms with Gasteiger partial charge in [-0.3, -0.25) is 0 Å². The fourth-order valence-corrected chi connectivity index (χ4v) is 1.72. The molecule has 2 N–H and O–H groups in total. The SMILES string of the molecule is CCC(CSC)NC(=O)N(C)CCO. The third kappa shape index (κ3) is 5.34. The number of rotatable bonds is 6. The average Bonchev–Trinajstić information content (AvgIpc) is 2.17. The maximum absolute atomic E-state index is 11.5. The summed E-state index contributed by atoms with van der Waals surface area (Å²) >= 11 is 1.72. The number of nitrogens with zero attached hydrogens (tertiary/aromatic N) is 1. The summed E-state index contributed by atoms with van der Waals surface area (Å²) in [5.41, 5.74) is 0. The molecule has 0 saturated carbocycles. The number of amides is 2. The molecule has 0 spiro atoms. The zero-order valence-electron chi connectivity index (χ0n) is 9.12. The minimum absolute atomic E-state index is 0.00321. The summed E-state index contributed by atoms with van der Waals surface area (Å²) in [4.78, 5) is 13.0. The van der Waals surface area contributed by atoms with Crippen LogP contribution in [0, 0.1) is 0 Å². The molecular weight excluding hydrogens is 200 g/mol. The Bertz CT molecular complexity index is 167. The van der Waals surface area contributed by atoms with Crippen molar-refractivity contribution in [2.24, 2.45) is 0 Å². The maximum Gasteiger partial charge on any atom is 0.317 e. The highest BCUT2D eigenvalue weighted by Crippen LogP contribution is 2.01.